The minimum atomic E-state index is 0.583. The van der Waals surface area contributed by atoms with Crippen LogP contribution in [-0.4, -0.2) is 29.6 Å². The lowest BCUT2D eigenvalue weighted by atomic mass is 10.2. The van der Waals surface area contributed by atoms with Crippen molar-refractivity contribution in [1.29, 1.82) is 5.26 Å². The Bertz CT molecular complexity index is 449. The second kappa shape index (κ2) is 5.83. The lowest BCUT2D eigenvalue weighted by molar-refractivity contribution is 0.257. The van der Waals surface area contributed by atoms with Gasteiger partial charge < -0.3 is 4.74 Å². The van der Waals surface area contributed by atoms with E-state index in [9.17, 15) is 0 Å². The summed E-state index contributed by atoms with van der Waals surface area (Å²) in [5.74, 6) is 0.855. The fourth-order valence-corrected chi connectivity index (χ4v) is 2.13. The average Bonchev–Trinajstić information content (AvgIpc) is 3.18. The number of nitriles is 1. The third kappa shape index (κ3) is 3.44. The molecule has 4 heteroatoms. The molecule has 1 aliphatic rings. The number of hydrogen-bond donors (Lipinski definition) is 0. The maximum absolute atomic E-state index is 8.70. The van der Waals surface area contributed by atoms with Crippen molar-refractivity contribution >= 4 is 0 Å². The van der Waals surface area contributed by atoms with Crippen molar-refractivity contribution in [1.82, 2.24) is 9.88 Å². The highest BCUT2D eigenvalue weighted by Gasteiger charge is 2.28. The van der Waals surface area contributed by atoms with Crippen LogP contribution in [0.4, 0.5) is 0 Å². The summed E-state index contributed by atoms with van der Waals surface area (Å²) in [6.45, 7) is 3.62. The Morgan fingerprint density at radius 1 is 1.50 bits per heavy atom. The molecule has 1 aliphatic carbocycles. The normalized spacial score (nSPS) is 14.6. The van der Waals surface area contributed by atoms with Gasteiger partial charge >= 0.3 is 0 Å². The second-order valence-electron chi connectivity index (χ2n) is 4.75. The Hall–Kier alpha value is -1.60. The van der Waals surface area contributed by atoms with Crippen LogP contribution in [0.3, 0.4) is 0 Å². The van der Waals surface area contributed by atoms with Crippen molar-refractivity contribution in [2.45, 2.75) is 38.8 Å². The molecule has 0 aromatic carbocycles. The maximum atomic E-state index is 8.70. The van der Waals surface area contributed by atoms with E-state index in [1.165, 1.54) is 12.8 Å². The third-order valence-electron chi connectivity index (χ3n) is 3.15. The van der Waals surface area contributed by atoms with Crippen LogP contribution in [-0.2, 0) is 6.54 Å². The molecule has 1 saturated carbocycles. The molecule has 1 heterocycles. The SMILES string of the molecule is COc1cc(C)nc(CN(CCC#N)C2CC2)c1. The van der Waals surface area contributed by atoms with Crippen molar-refractivity contribution < 1.29 is 4.74 Å². The van der Waals surface area contributed by atoms with Crippen molar-refractivity contribution in [2.75, 3.05) is 13.7 Å². The Kier molecular flexibility index (Phi) is 4.16. The van der Waals surface area contributed by atoms with E-state index in [0.717, 1.165) is 30.2 Å². The molecule has 0 saturated heterocycles. The number of pyridine rings is 1. The Balaban J connectivity index is 2.05. The predicted octanol–water partition coefficient (Wildman–Crippen LogP) is 2.28. The summed E-state index contributed by atoms with van der Waals surface area (Å²) in [6.07, 6.45) is 3.07. The van der Waals surface area contributed by atoms with E-state index < -0.39 is 0 Å². The Morgan fingerprint density at radius 2 is 2.28 bits per heavy atom. The highest BCUT2D eigenvalue weighted by molar-refractivity contribution is 5.26. The molecule has 0 amide bonds. The summed E-state index contributed by atoms with van der Waals surface area (Å²) in [4.78, 5) is 6.89. The van der Waals surface area contributed by atoms with E-state index in [1.54, 1.807) is 7.11 Å². The predicted molar refractivity (Wildman–Crippen MR) is 69.2 cm³/mol. The molecular formula is C14H19N3O. The molecule has 18 heavy (non-hydrogen) atoms. The first-order valence-electron chi connectivity index (χ1n) is 6.35. The number of aryl methyl sites for hydroxylation is 1. The van der Waals surface area contributed by atoms with Crippen LogP contribution >= 0.6 is 0 Å². The van der Waals surface area contributed by atoms with Gasteiger partial charge in [0.1, 0.15) is 5.75 Å². The van der Waals surface area contributed by atoms with Gasteiger partial charge in [-0.3, -0.25) is 9.88 Å². The fraction of sp³-hybridized carbons (Fsp3) is 0.571. The van der Waals surface area contributed by atoms with Gasteiger partial charge in [0, 0.05) is 43.4 Å². The molecule has 96 valence electrons. The van der Waals surface area contributed by atoms with Gasteiger partial charge in [-0.2, -0.15) is 5.26 Å². The summed E-state index contributed by atoms with van der Waals surface area (Å²) in [5.41, 5.74) is 2.00. The van der Waals surface area contributed by atoms with Crippen LogP contribution in [0.2, 0.25) is 0 Å². The summed E-state index contributed by atoms with van der Waals surface area (Å²) < 4.78 is 5.26. The second-order valence-corrected chi connectivity index (χ2v) is 4.75. The average molecular weight is 245 g/mol. The van der Waals surface area contributed by atoms with Gasteiger partial charge in [-0.05, 0) is 19.8 Å². The Morgan fingerprint density at radius 3 is 2.89 bits per heavy atom. The summed E-state index contributed by atoms with van der Waals surface area (Å²) in [6, 6.07) is 6.77. The number of nitrogens with zero attached hydrogens (tertiary/aromatic N) is 3. The molecular weight excluding hydrogens is 226 g/mol. The van der Waals surface area contributed by atoms with Crippen molar-refractivity contribution in [3.63, 3.8) is 0 Å². The van der Waals surface area contributed by atoms with Crippen LogP contribution < -0.4 is 4.74 Å². The van der Waals surface area contributed by atoms with Gasteiger partial charge in [0.05, 0.1) is 18.9 Å². The van der Waals surface area contributed by atoms with E-state index in [2.05, 4.69) is 16.0 Å². The molecule has 1 aromatic rings. The number of ether oxygens (including phenoxy) is 1. The van der Waals surface area contributed by atoms with Crippen LogP contribution in [0.25, 0.3) is 0 Å². The molecule has 0 radical (unpaired) electrons. The number of aromatic nitrogens is 1. The molecule has 0 spiro atoms. The number of hydrogen-bond acceptors (Lipinski definition) is 4. The fourth-order valence-electron chi connectivity index (χ4n) is 2.13. The standard InChI is InChI=1S/C14H19N3O/c1-11-8-14(18-2)9-12(16-11)10-17(7-3-6-15)13-4-5-13/h8-9,13H,3-5,7,10H2,1-2H3. The van der Waals surface area contributed by atoms with Crippen molar-refractivity contribution in [2.24, 2.45) is 0 Å². The van der Waals surface area contributed by atoms with Gasteiger partial charge in [0.2, 0.25) is 0 Å². The van der Waals surface area contributed by atoms with Gasteiger partial charge in [-0.15, -0.1) is 0 Å². The molecule has 1 aromatic heterocycles. The monoisotopic (exact) mass is 245 g/mol. The first kappa shape index (κ1) is 12.8. The van der Waals surface area contributed by atoms with Gasteiger partial charge in [-0.25, -0.2) is 0 Å². The van der Waals surface area contributed by atoms with Crippen LogP contribution in [0, 0.1) is 18.3 Å². The number of methoxy groups -OCH3 is 1. The Labute approximate surface area is 108 Å². The molecule has 0 bridgehead atoms. The van der Waals surface area contributed by atoms with Gasteiger partial charge in [0.15, 0.2) is 0 Å². The van der Waals surface area contributed by atoms with E-state index in [4.69, 9.17) is 10.00 Å². The van der Waals surface area contributed by atoms with Gasteiger partial charge in [-0.1, -0.05) is 0 Å². The summed E-state index contributed by atoms with van der Waals surface area (Å²) >= 11 is 0. The first-order valence-corrected chi connectivity index (χ1v) is 6.35. The molecule has 0 atom stereocenters. The van der Waals surface area contributed by atoms with E-state index in [0.29, 0.717) is 12.5 Å². The van der Waals surface area contributed by atoms with Gasteiger partial charge in [0.25, 0.3) is 0 Å². The molecule has 1 fully saturated rings. The first-order chi connectivity index (χ1) is 8.72. The minimum absolute atomic E-state index is 0.583. The smallest absolute Gasteiger partial charge is 0.122 e. The zero-order chi connectivity index (χ0) is 13.0. The zero-order valence-corrected chi connectivity index (χ0v) is 11.0. The lowest BCUT2D eigenvalue weighted by Gasteiger charge is -2.20. The topological polar surface area (TPSA) is 49.1 Å². The minimum Gasteiger partial charge on any atom is -0.497 e. The number of rotatable bonds is 6. The largest absolute Gasteiger partial charge is 0.497 e. The van der Waals surface area contributed by atoms with Crippen molar-refractivity contribution in [3.8, 4) is 11.8 Å². The highest BCUT2D eigenvalue weighted by atomic mass is 16.5. The summed E-state index contributed by atoms with van der Waals surface area (Å²) in [5, 5.41) is 8.70. The van der Waals surface area contributed by atoms with E-state index in [-0.39, 0.29) is 0 Å². The zero-order valence-electron chi connectivity index (χ0n) is 11.0. The molecule has 0 aliphatic heterocycles. The van der Waals surface area contributed by atoms with E-state index in [1.807, 2.05) is 19.1 Å². The maximum Gasteiger partial charge on any atom is 0.122 e. The van der Waals surface area contributed by atoms with Crippen molar-refractivity contribution in [3.05, 3.63) is 23.5 Å². The molecule has 0 unspecified atom stereocenters. The van der Waals surface area contributed by atoms with Crippen LogP contribution in [0.1, 0.15) is 30.7 Å². The van der Waals surface area contributed by atoms with E-state index >= 15 is 0 Å². The highest BCUT2D eigenvalue weighted by Crippen LogP contribution is 2.28. The molecule has 0 N–H and O–H groups in total. The molecule has 2 rings (SSSR count). The lowest BCUT2D eigenvalue weighted by Crippen LogP contribution is -2.27. The third-order valence-corrected chi connectivity index (χ3v) is 3.15. The van der Waals surface area contributed by atoms with Crippen LogP contribution in [0.15, 0.2) is 12.1 Å². The molecule has 4 nitrogen and oxygen atoms in total. The van der Waals surface area contributed by atoms with Crippen LogP contribution in [0.5, 0.6) is 5.75 Å². The quantitative estimate of drug-likeness (QED) is 0.771. The summed E-state index contributed by atoms with van der Waals surface area (Å²) in [7, 11) is 1.67.